The minimum Gasteiger partial charge on any atom is -0.462 e. The molecule has 2 fully saturated rings. The Balaban J connectivity index is 1.82. The van der Waals surface area contributed by atoms with Gasteiger partial charge in [-0.1, -0.05) is 18.2 Å². The highest BCUT2D eigenvalue weighted by Gasteiger charge is 2.37. The van der Waals surface area contributed by atoms with Crippen LogP contribution in [0.15, 0.2) is 36.5 Å². The van der Waals surface area contributed by atoms with Crippen molar-refractivity contribution in [1.29, 1.82) is 0 Å². The van der Waals surface area contributed by atoms with Crippen LogP contribution < -0.4 is 0 Å². The number of carbonyl (C=O) groups excluding carboxylic acids is 2. The van der Waals surface area contributed by atoms with Crippen molar-refractivity contribution in [1.82, 2.24) is 4.57 Å². The molecular formula is C18H16ClNO4. The van der Waals surface area contributed by atoms with Gasteiger partial charge in [-0.3, -0.25) is 9.36 Å². The molecule has 2 atom stereocenters. The largest absolute Gasteiger partial charge is 0.462 e. The first-order valence-corrected chi connectivity index (χ1v) is 8.24. The number of aliphatic hydroxyl groups is 1. The number of cyclic esters (lactones) is 1. The van der Waals surface area contributed by atoms with Gasteiger partial charge >= 0.3 is 5.97 Å². The van der Waals surface area contributed by atoms with Crippen LogP contribution in [0, 0.1) is 11.8 Å². The highest BCUT2D eigenvalue weighted by atomic mass is 35.5. The Morgan fingerprint density at radius 3 is 2.79 bits per heavy atom. The molecule has 6 heteroatoms. The molecule has 1 aromatic carbocycles. The van der Waals surface area contributed by atoms with Gasteiger partial charge in [0.1, 0.15) is 6.61 Å². The van der Waals surface area contributed by atoms with Crippen LogP contribution in [-0.4, -0.2) is 28.2 Å². The first-order chi connectivity index (χ1) is 11.5. The van der Waals surface area contributed by atoms with Gasteiger partial charge in [-0.15, -0.1) is 0 Å². The Morgan fingerprint density at radius 1 is 1.42 bits per heavy atom. The average Bonchev–Trinajstić information content (AvgIpc) is 3.27. The lowest BCUT2D eigenvalue weighted by Crippen LogP contribution is -2.15. The molecule has 2 aromatic rings. The van der Waals surface area contributed by atoms with E-state index in [-0.39, 0.29) is 24.0 Å². The minimum atomic E-state index is -0.988. The van der Waals surface area contributed by atoms with Crippen molar-refractivity contribution < 1.29 is 19.4 Å². The molecule has 2 aliphatic rings. The molecule has 2 heterocycles. The fourth-order valence-electron chi connectivity index (χ4n) is 3.18. The van der Waals surface area contributed by atoms with Crippen LogP contribution in [0.2, 0.25) is 5.02 Å². The SMILES string of the molecule is C=C1C(=O)OCC1C(O)c1cn(C(=O)C2CC2)c2ccc(Cl)cc12. The lowest BCUT2D eigenvalue weighted by molar-refractivity contribution is -0.135. The zero-order chi connectivity index (χ0) is 17.0. The second-order valence-electron chi connectivity index (χ2n) is 6.40. The van der Waals surface area contributed by atoms with E-state index in [2.05, 4.69) is 6.58 Å². The predicted octanol–water partition coefficient (Wildman–Crippen LogP) is 3.11. The van der Waals surface area contributed by atoms with Crippen molar-refractivity contribution in [3.05, 3.63) is 47.1 Å². The maximum Gasteiger partial charge on any atom is 0.333 e. The molecule has 1 aromatic heterocycles. The first-order valence-electron chi connectivity index (χ1n) is 7.86. The zero-order valence-electron chi connectivity index (χ0n) is 12.9. The molecule has 5 nitrogen and oxygen atoms in total. The number of benzene rings is 1. The summed E-state index contributed by atoms with van der Waals surface area (Å²) in [6.45, 7) is 3.79. The number of rotatable bonds is 3. The average molecular weight is 346 g/mol. The summed E-state index contributed by atoms with van der Waals surface area (Å²) in [6, 6.07) is 5.23. The number of carbonyl (C=O) groups is 2. The number of aliphatic hydroxyl groups excluding tert-OH is 1. The molecule has 4 rings (SSSR count). The van der Waals surface area contributed by atoms with Crippen LogP contribution in [0.5, 0.6) is 0 Å². The van der Waals surface area contributed by atoms with Gasteiger partial charge in [-0.2, -0.15) is 0 Å². The Kier molecular flexibility index (Phi) is 3.51. The molecule has 1 saturated heterocycles. The van der Waals surface area contributed by atoms with E-state index in [4.69, 9.17) is 16.3 Å². The Morgan fingerprint density at radius 2 is 2.17 bits per heavy atom. The van der Waals surface area contributed by atoms with E-state index in [1.54, 1.807) is 29.0 Å². The maximum atomic E-state index is 12.5. The third-order valence-electron chi connectivity index (χ3n) is 4.76. The molecule has 1 N–H and O–H groups in total. The van der Waals surface area contributed by atoms with E-state index in [1.807, 2.05) is 0 Å². The zero-order valence-corrected chi connectivity index (χ0v) is 13.6. The molecule has 2 unspecified atom stereocenters. The summed E-state index contributed by atoms with van der Waals surface area (Å²) in [6.07, 6.45) is 2.46. The lowest BCUT2D eigenvalue weighted by Gasteiger charge is -2.15. The molecule has 24 heavy (non-hydrogen) atoms. The maximum absolute atomic E-state index is 12.5. The van der Waals surface area contributed by atoms with Crippen molar-refractivity contribution in [2.24, 2.45) is 11.8 Å². The number of hydrogen-bond acceptors (Lipinski definition) is 4. The van der Waals surface area contributed by atoms with E-state index in [1.165, 1.54) is 0 Å². The topological polar surface area (TPSA) is 68.5 Å². The van der Waals surface area contributed by atoms with Gasteiger partial charge in [0, 0.05) is 33.7 Å². The summed E-state index contributed by atoms with van der Waals surface area (Å²) in [7, 11) is 0. The molecule has 1 aliphatic carbocycles. The van der Waals surface area contributed by atoms with Crippen LogP contribution in [0.25, 0.3) is 10.9 Å². The van der Waals surface area contributed by atoms with Crippen molar-refractivity contribution in [3.63, 3.8) is 0 Å². The molecule has 1 saturated carbocycles. The Bertz CT molecular complexity index is 881. The van der Waals surface area contributed by atoms with Gasteiger partial charge in [0.2, 0.25) is 5.91 Å². The van der Waals surface area contributed by atoms with Crippen molar-refractivity contribution in [3.8, 4) is 0 Å². The highest BCUT2D eigenvalue weighted by Crippen LogP contribution is 2.39. The van der Waals surface area contributed by atoms with Crippen molar-refractivity contribution in [2.45, 2.75) is 18.9 Å². The highest BCUT2D eigenvalue weighted by molar-refractivity contribution is 6.31. The molecule has 0 radical (unpaired) electrons. The van der Waals surface area contributed by atoms with Gasteiger partial charge in [-0.05, 0) is 31.0 Å². The molecule has 0 spiro atoms. The smallest absolute Gasteiger partial charge is 0.333 e. The van der Waals surface area contributed by atoms with Crippen LogP contribution in [0.3, 0.4) is 0 Å². The number of aromatic nitrogens is 1. The third-order valence-corrected chi connectivity index (χ3v) is 5.00. The van der Waals surface area contributed by atoms with Gasteiger partial charge in [0.05, 0.1) is 17.5 Å². The summed E-state index contributed by atoms with van der Waals surface area (Å²) in [5.74, 6) is -0.938. The number of fused-ring (bicyclic) bond motifs is 1. The summed E-state index contributed by atoms with van der Waals surface area (Å²) >= 11 is 6.10. The summed E-state index contributed by atoms with van der Waals surface area (Å²) in [4.78, 5) is 24.1. The van der Waals surface area contributed by atoms with Crippen molar-refractivity contribution >= 4 is 34.4 Å². The second-order valence-corrected chi connectivity index (χ2v) is 6.84. The van der Waals surface area contributed by atoms with Gasteiger partial charge in [0.25, 0.3) is 0 Å². The predicted molar refractivity (Wildman–Crippen MR) is 88.8 cm³/mol. The normalized spacial score (nSPS) is 22.0. The standard InChI is InChI=1S/C18H16ClNO4/c1-9-14(8-24-18(9)23)16(21)13-7-20(17(22)10-2-3-10)15-5-4-11(19)6-12(13)15/h4-7,10,14,16,21H,1-3,8H2. The van der Waals surface area contributed by atoms with E-state index < -0.39 is 18.0 Å². The first kappa shape index (κ1) is 15.4. The summed E-state index contributed by atoms with van der Waals surface area (Å²) < 4.78 is 6.55. The summed E-state index contributed by atoms with van der Waals surface area (Å²) in [5.41, 5.74) is 1.52. The number of esters is 1. The third kappa shape index (κ3) is 2.36. The van der Waals surface area contributed by atoms with E-state index >= 15 is 0 Å². The fourth-order valence-corrected chi connectivity index (χ4v) is 3.35. The second kappa shape index (κ2) is 5.46. The lowest BCUT2D eigenvalue weighted by atomic mass is 9.92. The van der Waals surface area contributed by atoms with Crippen LogP contribution >= 0.6 is 11.6 Å². The van der Waals surface area contributed by atoms with Crippen LogP contribution in [0.1, 0.15) is 29.3 Å². The van der Waals surface area contributed by atoms with E-state index in [0.717, 1.165) is 12.8 Å². The summed E-state index contributed by atoms with van der Waals surface area (Å²) in [5, 5.41) is 12.0. The molecule has 0 amide bonds. The van der Waals surface area contributed by atoms with E-state index in [0.29, 0.717) is 21.5 Å². The van der Waals surface area contributed by atoms with Gasteiger partial charge in [-0.25, -0.2) is 4.79 Å². The Hall–Kier alpha value is -2.11. The fraction of sp³-hybridized carbons (Fsp3) is 0.333. The Labute approximate surface area is 143 Å². The quantitative estimate of drug-likeness (QED) is 0.685. The minimum absolute atomic E-state index is 0.0262. The molecular weight excluding hydrogens is 330 g/mol. The van der Waals surface area contributed by atoms with Crippen LogP contribution in [0.4, 0.5) is 0 Å². The molecule has 124 valence electrons. The number of ether oxygens (including phenoxy) is 1. The van der Waals surface area contributed by atoms with Gasteiger partial charge < -0.3 is 9.84 Å². The van der Waals surface area contributed by atoms with Crippen LogP contribution in [-0.2, 0) is 9.53 Å². The number of hydrogen-bond donors (Lipinski definition) is 1. The molecule has 0 bridgehead atoms. The molecule has 1 aliphatic heterocycles. The van der Waals surface area contributed by atoms with Crippen molar-refractivity contribution in [2.75, 3.05) is 6.61 Å². The monoisotopic (exact) mass is 345 g/mol. The van der Waals surface area contributed by atoms with Gasteiger partial charge in [0.15, 0.2) is 0 Å². The number of nitrogens with zero attached hydrogens (tertiary/aromatic N) is 1. The number of halogens is 1. The van der Waals surface area contributed by atoms with E-state index in [9.17, 15) is 14.7 Å².